The normalized spacial score (nSPS) is 21.1. The Kier molecular flexibility index (Phi) is 4.36. The summed E-state index contributed by atoms with van der Waals surface area (Å²) >= 11 is 0. The lowest BCUT2D eigenvalue weighted by molar-refractivity contribution is 0.180. The predicted molar refractivity (Wildman–Crippen MR) is 79.0 cm³/mol. The van der Waals surface area contributed by atoms with E-state index in [0.29, 0.717) is 34.9 Å². The molecule has 5 nitrogen and oxygen atoms in total. The average molecular weight is 298 g/mol. The Labute approximate surface area is 120 Å². The van der Waals surface area contributed by atoms with Gasteiger partial charge in [-0.05, 0) is 50.5 Å². The Bertz CT molecular complexity index is 569. The fourth-order valence-corrected chi connectivity index (χ4v) is 4.52. The summed E-state index contributed by atoms with van der Waals surface area (Å²) in [6, 6.07) is 3.23. The summed E-state index contributed by atoms with van der Waals surface area (Å²) in [5.74, 6) is 0.235. The van der Waals surface area contributed by atoms with E-state index in [1.807, 2.05) is 6.92 Å². The van der Waals surface area contributed by atoms with Crippen molar-refractivity contribution in [3.63, 3.8) is 0 Å². The molecule has 1 aliphatic rings. The number of hydrogen-bond donors (Lipinski definition) is 2. The van der Waals surface area contributed by atoms with Crippen molar-refractivity contribution < 1.29 is 13.2 Å². The summed E-state index contributed by atoms with van der Waals surface area (Å²) < 4.78 is 33.2. The highest BCUT2D eigenvalue weighted by Gasteiger charge is 2.28. The third-order valence-electron chi connectivity index (χ3n) is 3.76. The van der Waals surface area contributed by atoms with Gasteiger partial charge in [-0.2, -0.15) is 0 Å². The SMILES string of the molecule is Cc1cc(N)cc(C)c1S(=O)(=O)NC(C)C1CCOC1. The lowest BCUT2D eigenvalue weighted by Gasteiger charge is -2.21. The molecule has 0 bridgehead atoms. The van der Waals surface area contributed by atoms with Crippen LogP contribution >= 0.6 is 0 Å². The molecule has 0 aliphatic carbocycles. The molecular weight excluding hydrogens is 276 g/mol. The third-order valence-corrected chi connectivity index (χ3v) is 5.63. The number of benzene rings is 1. The zero-order valence-electron chi connectivity index (χ0n) is 12.1. The summed E-state index contributed by atoms with van der Waals surface area (Å²) in [4.78, 5) is 0.331. The van der Waals surface area contributed by atoms with E-state index in [-0.39, 0.29) is 12.0 Å². The molecule has 0 amide bonds. The second-order valence-corrected chi connectivity index (χ2v) is 7.17. The first-order chi connectivity index (χ1) is 9.31. The van der Waals surface area contributed by atoms with Gasteiger partial charge in [0.1, 0.15) is 0 Å². The highest BCUT2D eigenvalue weighted by molar-refractivity contribution is 7.89. The topological polar surface area (TPSA) is 81.4 Å². The van der Waals surface area contributed by atoms with E-state index >= 15 is 0 Å². The molecule has 1 aromatic rings. The first-order valence-corrected chi connectivity index (χ1v) is 8.26. The number of nitrogen functional groups attached to an aromatic ring is 1. The Hall–Kier alpha value is -1.11. The van der Waals surface area contributed by atoms with Gasteiger partial charge >= 0.3 is 0 Å². The van der Waals surface area contributed by atoms with Crippen LogP contribution in [0.3, 0.4) is 0 Å². The number of rotatable bonds is 4. The van der Waals surface area contributed by atoms with Gasteiger partial charge in [-0.1, -0.05) is 0 Å². The molecule has 2 unspecified atom stereocenters. The smallest absolute Gasteiger partial charge is 0.241 e. The number of nitrogens with one attached hydrogen (secondary N) is 1. The van der Waals surface area contributed by atoms with E-state index in [1.54, 1.807) is 26.0 Å². The minimum absolute atomic E-state index is 0.140. The number of nitrogens with two attached hydrogens (primary N) is 1. The van der Waals surface area contributed by atoms with Crippen molar-refractivity contribution in [1.29, 1.82) is 0 Å². The largest absolute Gasteiger partial charge is 0.399 e. The molecule has 1 saturated heterocycles. The molecule has 2 rings (SSSR count). The molecule has 20 heavy (non-hydrogen) atoms. The van der Waals surface area contributed by atoms with Gasteiger partial charge in [-0.15, -0.1) is 0 Å². The van der Waals surface area contributed by atoms with E-state index in [0.717, 1.165) is 6.42 Å². The molecule has 6 heteroatoms. The summed E-state index contributed by atoms with van der Waals surface area (Å²) in [5.41, 5.74) is 7.66. The molecule has 0 spiro atoms. The van der Waals surface area contributed by atoms with Crippen LogP contribution in [-0.4, -0.2) is 27.7 Å². The number of hydrogen-bond acceptors (Lipinski definition) is 4. The maximum absolute atomic E-state index is 12.6. The fourth-order valence-electron chi connectivity index (χ4n) is 2.75. The van der Waals surface area contributed by atoms with Crippen molar-refractivity contribution in [2.75, 3.05) is 18.9 Å². The molecule has 1 heterocycles. The molecule has 1 aliphatic heterocycles. The van der Waals surface area contributed by atoms with Crippen LogP contribution in [-0.2, 0) is 14.8 Å². The van der Waals surface area contributed by atoms with E-state index < -0.39 is 10.0 Å². The molecule has 1 fully saturated rings. The van der Waals surface area contributed by atoms with Gasteiger partial charge in [0.2, 0.25) is 10.0 Å². The summed E-state index contributed by atoms with van der Waals surface area (Å²) in [6.07, 6.45) is 0.892. The molecule has 1 aromatic carbocycles. The highest BCUT2D eigenvalue weighted by Crippen LogP contribution is 2.24. The van der Waals surface area contributed by atoms with Gasteiger partial charge in [-0.25, -0.2) is 13.1 Å². The van der Waals surface area contributed by atoms with Crippen LogP contribution in [0, 0.1) is 19.8 Å². The van der Waals surface area contributed by atoms with Crippen molar-refractivity contribution in [2.45, 2.75) is 38.1 Å². The Morgan fingerprint density at radius 1 is 1.35 bits per heavy atom. The average Bonchev–Trinajstić information content (AvgIpc) is 2.78. The molecule has 3 N–H and O–H groups in total. The van der Waals surface area contributed by atoms with E-state index in [1.165, 1.54) is 0 Å². The fraction of sp³-hybridized carbons (Fsp3) is 0.571. The van der Waals surface area contributed by atoms with Crippen LogP contribution in [0.4, 0.5) is 5.69 Å². The zero-order valence-corrected chi connectivity index (χ0v) is 13.0. The maximum Gasteiger partial charge on any atom is 0.241 e. The highest BCUT2D eigenvalue weighted by atomic mass is 32.2. The number of ether oxygens (including phenoxy) is 1. The summed E-state index contributed by atoms with van der Waals surface area (Å²) in [7, 11) is -3.54. The van der Waals surface area contributed by atoms with Crippen LogP contribution in [0.1, 0.15) is 24.5 Å². The van der Waals surface area contributed by atoms with Crippen LogP contribution < -0.4 is 10.5 Å². The lowest BCUT2D eigenvalue weighted by atomic mass is 10.0. The first-order valence-electron chi connectivity index (χ1n) is 6.78. The monoisotopic (exact) mass is 298 g/mol. The number of anilines is 1. The first kappa shape index (κ1) is 15.3. The molecule has 2 atom stereocenters. The zero-order chi connectivity index (χ0) is 14.9. The van der Waals surface area contributed by atoms with Crippen LogP contribution in [0.2, 0.25) is 0 Å². The predicted octanol–water partition coefficient (Wildman–Crippen LogP) is 1.59. The van der Waals surface area contributed by atoms with Gasteiger partial charge in [0, 0.05) is 24.3 Å². The van der Waals surface area contributed by atoms with Gasteiger partial charge in [0.25, 0.3) is 0 Å². The van der Waals surface area contributed by atoms with Gasteiger partial charge < -0.3 is 10.5 Å². The Morgan fingerprint density at radius 2 is 1.95 bits per heavy atom. The van der Waals surface area contributed by atoms with Crippen molar-refractivity contribution in [2.24, 2.45) is 5.92 Å². The van der Waals surface area contributed by atoms with Gasteiger partial charge in [0.15, 0.2) is 0 Å². The van der Waals surface area contributed by atoms with E-state index in [9.17, 15) is 8.42 Å². The minimum Gasteiger partial charge on any atom is -0.399 e. The van der Waals surface area contributed by atoms with Crippen molar-refractivity contribution in [3.05, 3.63) is 23.3 Å². The lowest BCUT2D eigenvalue weighted by Crippen LogP contribution is -2.38. The maximum atomic E-state index is 12.6. The molecule has 0 radical (unpaired) electrons. The molecule has 112 valence electrons. The van der Waals surface area contributed by atoms with Crippen molar-refractivity contribution >= 4 is 15.7 Å². The summed E-state index contributed by atoms with van der Waals surface area (Å²) in [6.45, 7) is 6.74. The minimum atomic E-state index is -3.54. The molecule has 0 saturated carbocycles. The number of sulfonamides is 1. The quantitative estimate of drug-likeness (QED) is 0.827. The Morgan fingerprint density at radius 3 is 2.45 bits per heavy atom. The van der Waals surface area contributed by atoms with Crippen molar-refractivity contribution in [1.82, 2.24) is 4.72 Å². The van der Waals surface area contributed by atoms with Crippen LogP contribution in [0.5, 0.6) is 0 Å². The van der Waals surface area contributed by atoms with Gasteiger partial charge in [-0.3, -0.25) is 0 Å². The van der Waals surface area contributed by atoms with Crippen LogP contribution in [0.15, 0.2) is 17.0 Å². The second kappa shape index (κ2) is 5.71. The van der Waals surface area contributed by atoms with E-state index in [4.69, 9.17) is 10.5 Å². The second-order valence-electron chi connectivity index (χ2n) is 5.52. The Balaban J connectivity index is 2.26. The van der Waals surface area contributed by atoms with Gasteiger partial charge in [0.05, 0.1) is 11.5 Å². The standard InChI is InChI=1S/C14H22N2O3S/c1-9-6-13(15)7-10(2)14(9)20(17,18)16-11(3)12-4-5-19-8-12/h6-7,11-12,16H,4-5,8,15H2,1-3H3. The molecule has 0 aromatic heterocycles. The third kappa shape index (κ3) is 3.13. The van der Waals surface area contributed by atoms with Crippen molar-refractivity contribution in [3.8, 4) is 0 Å². The molecular formula is C14H22N2O3S. The van der Waals surface area contributed by atoms with Crippen LogP contribution in [0.25, 0.3) is 0 Å². The summed E-state index contributed by atoms with van der Waals surface area (Å²) in [5, 5.41) is 0. The number of aryl methyl sites for hydroxylation is 2. The van der Waals surface area contributed by atoms with E-state index in [2.05, 4.69) is 4.72 Å².